The first-order valence-electron chi connectivity index (χ1n) is 4.76. The minimum atomic E-state index is -0.232. The SMILES string of the molecule is CC(=O)NNC(=O)C1CCCCC1. The van der Waals surface area contributed by atoms with Gasteiger partial charge in [0.05, 0.1) is 0 Å². The Labute approximate surface area is 78.0 Å². The quantitative estimate of drug-likeness (QED) is 0.590. The predicted molar refractivity (Wildman–Crippen MR) is 48.5 cm³/mol. The van der Waals surface area contributed by atoms with Gasteiger partial charge in [0.15, 0.2) is 0 Å². The fourth-order valence-corrected chi connectivity index (χ4v) is 1.62. The average molecular weight is 184 g/mol. The molecule has 1 saturated carbocycles. The molecule has 4 heteroatoms. The van der Waals surface area contributed by atoms with Crippen molar-refractivity contribution in [3.8, 4) is 0 Å². The minimum Gasteiger partial charge on any atom is -0.274 e. The third-order valence-electron chi connectivity index (χ3n) is 2.34. The summed E-state index contributed by atoms with van der Waals surface area (Å²) in [5.41, 5.74) is 4.72. The van der Waals surface area contributed by atoms with Crippen molar-refractivity contribution in [2.24, 2.45) is 5.92 Å². The highest BCUT2D eigenvalue weighted by Crippen LogP contribution is 2.23. The first kappa shape index (κ1) is 10.0. The second-order valence-corrected chi connectivity index (χ2v) is 3.51. The second-order valence-electron chi connectivity index (χ2n) is 3.51. The third-order valence-corrected chi connectivity index (χ3v) is 2.34. The Bertz CT molecular complexity index is 198. The Kier molecular flexibility index (Phi) is 3.73. The van der Waals surface area contributed by atoms with Crippen molar-refractivity contribution in [3.63, 3.8) is 0 Å². The summed E-state index contributed by atoms with van der Waals surface area (Å²) in [5, 5.41) is 0. The number of carbonyl (C=O) groups excluding carboxylic acids is 2. The summed E-state index contributed by atoms with van der Waals surface area (Å²) in [4.78, 5) is 21.9. The highest BCUT2D eigenvalue weighted by molar-refractivity contribution is 5.82. The lowest BCUT2D eigenvalue weighted by molar-refractivity contribution is -0.131. The predicted octanol–water partition coefficient (Wildman–Crippen LogP) is 0.734. The molecule has 1 aliphatic carbocycles. The van der Waals surface area contributed by atoms with Gasteiger partial charge >= 0.3 is 0 Å². The standard InChI is InChI=1S/C9H16N2O2/c1-7(12)10-11-9(13)8-5-3-2-4-6-8/h8H,2-6H2,1H3,(H,10,12)(H,11,13). The molecule has 2 amide bonds. The van der Waals surface area contributed by atoms with E-state index < -0.39 is 0 Å². The van der Waals surface area contributed by atoms with Gasteiger partial charge in [0.25, 0.3) is 0 Å². The molecule has 1 aliphatic rings. The van der Waals surface area contributed by atoms with E-state index in [4.69, 9.17) is 0 Å². The first-order valence-corrected chi connectivity index (χ1v) is 4.76. The zero-order valence-electron chi connectivity index (χ0n) is 7.93. The Morgan fingerprint density at radius 3 is 2.23 bits per heavy atom. The maximum atomic E-state index is 11.4. The van der Waals surface area contributed by atoms with Gasteiger partial charge in [-0.15, -0.1) is 0 Å². The van der Waals surface area contributed by atoms with Gasteiger partial charge in [-0.3, -0.25) is 20.4 Å². The van der Waals surface area contributed by atoms with Gasteiger partial charge in [-0.25, -0.2) is 0 Å². The van der Waals surface area contributed by atoms with Gasteiger partial charge in [0, 0.05) is 12.8 Å². The lowest BCUT2D eigenvalue weighted by atomic mass is 9.89. The molecule has 74 valence electrons. The molecule has 0 aromatic carbocycles. The molecule has 0 heterocycles. The average Bonchev–Trinajstić information content (AvgIpc) is 2.15. The van der Waals surface area contributed by atoms with E-state index in [-0.39, 0.29) is 17.7 Å². The topological polar surface area (TPSA) is 58.2 Å². The number of hydrogen-bond acceptors (Lipinski definition) is 2. The first-order chi connectivity index (χ1) is 6.20. The molecule has 4 nitrogen and oxygen atoms in total. The van der Waals surface area contributed by atoms with E-state index >= 15 is 0 Å². The molecule has 0 spiro atoms. The molecule has 0 bridgehead atoms. The number of amides is 2. The summed E-state index contributed by atoms with van der Waals surface area (Å²) in [6, 6.07) is 0. The van der Waals surface area contributed by atoms with Gasteiger partial charge in [-0.1, -0.05) is 19.3 Å². The van der Waals surface area contributed by atoms with E-state index in [9.17, 15) is 9.59 Å². The van der Waals surface area contributed by atoms with Gasteiger partial charge in [-0.2, -0.15) is 0 Å². The largest absolute Gasteiger partial charge is 0.274 e. The Morgan fingerprint density at radius 1 is 1.08 bits per heavy atom. The van der Waals surface area contributed by atoms with Crippen molar-refractivity contribution in [2.45, 2.75) is 39.0 Å². The van der Waals surface area contributed by atoms with Crippen LogP contribution >= 0.6 is 0 Å². The zero-order valence-corrected chi connectivity index (χ0v) is 7.93. The molecular weight excluding hydrogens is 168 g/mol. The Hall–Kier alpha value is -1.06. The van der Waals surface area contributed by atoms with Gasteiger partial charge < -0.3 is 0 Å². The fraction of sp³-hybridized carbons (Fsp3) is 0.778. The number of rotatable bonds is 1. The van der Waals surface area contributed by atoms with Crippen LogP contribution in [0.5, 0.6) is 0 Å². The zero-order chi connectivity index (χ0) is 9.68. The van der Waals surface area contributed by atoms with Crippen LogP contribution in [0.4, 0.5) is 0 Å². The maximum absolute atomic E-state index is 11.4. The van der Waals surface area contributed by atoms with E-state index in [0.29, 0.717) is 0 Å². The van der Waals surface area contributed by atoms with Crippen LogP contribution in [-0.2, 0) is 9.59 Å². The van der Waals surface area contributed by atoms with E-state index in [0.717, 1.165) is 25.7 Å². The molecule has 0 aromatic heterocycles. The van der Waals surface area contributed by atoms with Crippen molar-refractivity contribution >= 4 is 11.8 Å². The van der Waals surface area contributed by atoms with Crippen LogP contribution in [0.25, 0.3) is 0 Å². The molecule has 13 heavy (non-hydrogen) atoms. The second kappa shape index (κ2) is 4.84. The van der Waals surface area contributed by atoms with Crippen LogP contribution in [-0.4, -0.2) is 11.8 Å². The van der Waals surface area contributed by atoms with E-state index in [1.165, 1.54) is 13.3 Å². The molecule has 0 aliphatic heterocycles. The minimum absolute atomic E-state index is 0.0464. The molecule has 0 saturated heterocycles. The molecular formula is C9H16N2O2. The summed E-state index contributed by atoms with van der Waals surface area (Å²) in [6.45, 7) is 1.38. The van der Waals surface area contributed by atoms with Crippen LogP contribution in [0.15, 0.2) is 0 Å². The van der Waals surface area contributed by atoms with Crippen LogP contribution in [0.2, 0.25) is 0 Å². The fourth-order valence-electron chi connectivity index (χ4n) is 1.62. The van der Waals surface area contributed by atoms with Gasteiger partial charge in [0.1, 0.15) is 0 Å². The number of nitrogens with one attached hydrogen (secondary N) is 2. The molecule has 2 N–H and O–H groups in total. The maximum Gasteiger partial charge on any atom is 0.241 e. The summed E-state index contributed by atoms with van der Waals surface area (Å²) >= 11 is 0. The number of hydrazine groups is 1. The molecule has 1 rings (SSSR count). The van der Waals surface area contributed by atoms with Crippen molar-refractivity contribution in [1.82, 2.24) is 10.9 Å². The Morgan fingerprint density at radius 2 is 1.69 bits per heavy atom. The highest BCUT2D eigenvalue weighted by Gasteiger charge is 2.20. The molecule has 0 atom stereocenters. The lowest BCUT2D eigenvalue weighted by Crippen LogP contribution is -2.43. The normalized spacial score (nSPS) is 17.9. The lowest BCUT2D eigenvalue weighted by Gasteiger charge is -2.20. The van der Waals surface area contributed by atoms with E-state index in [1.54, 1.807) is 0 Å². The molecule has 0 radical (unpaired) electrons. The van der Waals surface area contributed by atoms with Crippen LogP contribution in [0.3, 0.4) is 0 Å². The van der Waals surface area contributed by atoms with Crippen LogP contribution < -0.4 is 10.9 Å². The molecule has 0 unspecified atom stereocenters. The highest BCUT2D eigenvalue weighted by atomic mass is 16.2. The van der Waals surface area contributed by atoms with Crippen molar-refractivity contribution in [3.05, 3.63) is 0 Å². The van der Waals surface area contributed by atoms with E-state index in [2.05, 4.69) is 10.9 Å². The third kappa shape index (κ3) is 3.44. The summed E-state index contributed by atoms with van der Waals surface area (Å²) in [6.07, 6.45) is 5.37. The van der Waals surface area contributed by atoms with Crippen molar-refractivity contribution < 1.29 is 9.59 Å². The molecule has 0 aromatic rings. The smallest absolute Gasteiger partial charge is 0.241 e. The summed E-state index contributed by atoms with van der Waals surface area (Å²) in [7, 11) is 0. The molecule has 1 fully saturated rings. The van der Waals surface area contributed by atoms with Crippen LogP contribution in [0.1, 0.15) is 39.0 Å². The Balaban J connectivity index is 2.25. The number of hydrogen-bond donors (Lipinski definition) is 2. The monoisotopic (exact) mass is 184 g/mol. The number of carbonyl (C=O) groups is 2. The van der Waals surface area contributed by atoms with Gasteiger partial charge in [0.2, 0.25) is 11.8 Å². The van der Waals surface area contributed by atoms with Gasteiger partial charge in [-0.05, 0) is 12.8 Å². The van der Waals surface area contributed by atoms with Crippen LogP contribution in [0, 0.1) is 5.92 Å². The van der Waals surface area contributed by atoms with Crippen molar-refractivity contribution in [2.75, 3.05) is 0 Å². The summed E-state index contributed by atoms with van der Waals surface area (Å²) < 4.78 is 0. The van der Waals surface area contributed by atoms with E-state index in [1.807, 2.05) is 0 Å². The summed E-state index contributed by atoms with van der Waals surface area (Å²) in [5.74, 6) is -0.181. The van der Waals surface area contributed by atoms with Crippen molar-refractivity contribution in [1.29, 1.82) is 0 Å².